The van der Waals surface area contributed by atoms with E-state index in [1.54, 1.807) is 17.0 Å². The Morgan fingerprint density at radius 2 is 1.55 bits per heavy atom. The second kappa shape index (κ2) is 8.80. The third-order valence-corrected chi connectivity index (χ3v) is 5.39. The highest BCUT2D eigenvalue weighted by Gasteiger charge is 2.20. The normalized spacial score (nSPS) is 14.6. The predicted octanol–water partition coefficient (Wildman–Crippen LogP) is 2.55. The van der Waals surface area contributed by atoms with Gasteiger partial charge < -0.3 is 20.2 Å². The summed E-state index contributed by atoms with van der Waals surface area (Å²) in [6.07, 6.45) is 0. The van der Waals surface area contributed by atoms with Crippen molar-refractivity contribution in [2.24, 2.45) is 0 Å². The summed E-state index contributed by atoms with van der Waals surface area (Å²) in [5.41, 5.74) is 3.88. The van der Waals surface area contributed by atoms with E-state index in [-0.39, 0.29) is 5.91 Å². The SMILES string of the molecule is O=C(Nc1ccccc1)c1ccc(C[NH+]2CCN(c3ccc(O)cc3)CC2)cc1. The van der Waals surface area contributed by atoms with Crippen molar-refractivity contribution in [2.45, 2.75) is 6.54 Å². The third kappa shape index (κ3) is 4.95. The summed E-state index contributed by atoms with van der Waals surface area (Å²) < 4.78 is 0. The van der Waals surface area contributed by atoms with Gasteiger partial charge in [0.25, 0.3) is 5.91 Å². The molecular weight excluding hydrogens is 362 g/mol. The van der Waals surface area contributed by atoms with Gasteiger partial charge in [-0.1, -0.05) is 30.3 Å². The van der Waals surface area contributed by atoms with Gasteiger partial charge in [-0.15, -0.1) is 0 Å². The smallest absolute Gasteiger partial charge is 0.255 e. The van der Waals surface area contributed by atoms with E-state index in [2.05, 4.69) is 22.3 Å². The van der Waals surface area contributed by atoms with Crippen LogP contribution in [0.5, 0.6) is 5.75 Å². The van der Waals surface area contributed by atoms with Crippen molar-refractivity contribution in [1.29, 1.82) is 0 Å². The van der Waals surface area contributed by atoms with Crippen molar-refractivity contribution in [3.8, 4) is 5.75 Å². The van der Waals surface area contributed by atoms with Crippen molar-refractivity contribution in [1.82, 2.24) is 0 Å². The maximum atomic E-state index is 12.4. The highest BCUT2D eigenvalue weighted by Crippen LogP contribution is 2.18. The molecule has 1 aliphatic rings. The number of anilines is 2. The van der Waals surface area contributed by atoms with E-state index in [4.69, 9.17) is 0 Å². The fourth-order valence-corrected chi connectivity index (χ4v) is 3.71. The van der Waals surface area contributed by atoms with Crippen LogP contribution in [0.1, 0.15) is 15.9 Å². The molecule has 3 aromatic carbocycles. The average Bonchev–Trinajstić information content (AvgIpc) is 2.76. The Balaban J connectivity index is 1.29. The van der Waals surface area contributed by atoms with Gasteiger partial charge >= 0.3 is 0 Å². The molecule has 0 saturated carbocycles. The number of benzene rings is 3. The van der Waals surface area contributed by atoms with E-state index in [0.29, 0.717) is 11.3 Å². The van der Waals surface area contributed by atoms with Gasteiger partial charge in [0.05, 0.1) is 26.2 Å². The summed E-state index contributed by atoms with van der Waals surface area (Å²) >= 11 is 0. The van der Waals surface area contributed by atoms with Gasteiger partial charge in [-0.3, -0.25) is 4.79 Å². The summed E-state index contributed by atoms with van der Waals surface area (Å²) in [5, 5.41) is 12.4. The van der Waals surface area contributed by atoms with Crippen molar-refractivity contribution >= 4 is 17.3 Å². The number of hydrogen-bond acceptors (Lipinski definition) is 3. The molecule has 5 nitrogen and oxygen atoms in total. The van der Waals surface area contributed by atoms with Gasteiger partial charge in [0.1, 0.15) is 12.3 Å². The lowest BCUT2D eigenvalue weighted by Gasteiger charge is -2.33. The second-order valence-corrected chi connectivity index (χ2v) is 7.45. The quantitative estimate of drug-likeness (QED) is 0.630. The van der Waals surface area contributed by atoms with Crippen LogP contribution in [0.2, 0.25) is 0 Å². The number of amides is 1. The molecule has 29 heavy (non-hydrogen) atoms. The summed E-state index contributed by atoms with van der Waals surface area (Å²) in [6.45, 7) is 5.09. The van der Waals surface area contributed by atoms with Gasteiger partial charge in [0.2, 0.25) is 0 Å². The summed E-state index contributed by atoms with van der Waals surface area (Å²) in [6, 6.07) is 24.8. The Morgan fingerprint density at radius 3 is 2.21 bits per heavy atom. The van der Waals surface area contributed by atoms with Crippen LogP contribution in [-0.4, -0.2) is 37.2 Å². The minimum atomic E-state index is -0.0855. The van der Waals surface area contributed by atoms with Crippen LogP contribution in [-0.2, 0) is 6.54 Å². The first-order chi connectivity index (χ1) is 14.2. The molecule has 1 aliphatic heterocycles. The zero-order valence-electron chi connectivity index (χ0n) is 16.3. The topological polar surface area (TPSA) is 57.0 Å². The zero-order chi connectivity index (χ0) is 20.1. The van der Waals surface area contributed by atoms with Crippen LogP contribution in [0.15, 0.2) is 78.9 Å². The molecule has 0 aliphatic carbocycles. The largest absolute Gasteiger partial charge is 0.508 e. The summed E-state index contributed by atoms with van der Waals surface area (Å²) in [5.74, 6) is 0.219. The zero-order valence-corrected chi connectivity index (χ0v) is 16.3. The Morgan fingerprint density at radius 1 is 0.897 bits per heavy atom. The predicted molar refractivity (Wildman–Crippen MR) is 116 cm³/mol. The van der Waals surface area contributed by atoms with Crippen LogP contribution >= 0.6 is 0 Å². The highest BCUT2D eigenvalue weighted by atomic mass is 16.3. The minimum Gasteiger partial charge on any atom is -0.508 e. The van der Waals surface area contributed by atoms with Crippen LogP contribution in [0.3, 0.4) is 0 Å². The molecule has 1 fully saturated rings. The molecule has 148 valence electrons. The number of rotatable bonds is 5. The summed E-state index contributed by atoms with van der Waals surface area (Å²) in [7, 11) is 0. The molecule has 0 aromatic heterocycles. The maximum absolute atomic E-state index is 12.4. The molecule has 0 radical (unpaired) electrons. The number of phenols is 1. The highest BCUT2D eigenvalue weighted by molar-refractivity contribution is 6.04. The fourth-order valence-electron chi connectivity index (χ4n) is 3.71. The molecule has 1 heterocycles. The fraction of sp³-hybridized carbons (Fsp3) is 0.208. The lowest BCUT2D eigenvalue weighted by molar-refractivity contribution is -0.914. The number of aromatic hydroxyl groups is 1. The second-order valence-electron chi connectivity index (χ2n) is 7.45. The molecule has 0 bridgehead atoms. The van der Waals surface area contributed by atoms with Gasteiger partial charge in [0.15, 0.2) is 0 Å². The number of piperazine rings is 1. The molecule has 0 spiro atoms. The molecule has 0 atom stereocenters. The molecule has 0 unspecified atom stereocenters. The lowest BCUT2D eigenvalue weighted by Crippen LogP contribution is -3.13. The third-order valence-electron chi connectivity index (χ3n) is 5.39. The maximum Gasteiger partial charge on any atom is 0.255 e. The van der Waals surface area contributed by atoms with Crippen molar-refractivity contribution in [2.75, 3.05) is 36.4 Å². The van der Waals surface area contributed by atoms with E-state index < -0.39 is 0 Å². The first-order valence-corrected chi connectivity index (χ1v) is 10.0. The molecular formula is C24H26N3O2+. The Labute approximate surface area is 171 Å². The molecule has 5 heteroatoms. The van der Waals surface area contributed by atoms with Crippen molar-refractivity contribution < 1.29 is 14.8 Å². The molecule has 4 rings (SSSR count). The minimum absolute atomic E-state index is 0.0855. The number of carbonyl (C=O) groups excluding carboxylic acids is 1. The number of para-hydroxylation sites is 1. The number of phenolic OH excluding ortho intramolecular Hbond substituents is 1. The first-order valence-electron chi connectivity index (χ1n) is 10.0. The van der Waals surface area contributed by atoms with Crippen LogP contribution in [0, 0.1) is 0 Å². The monoisotopic (exact) mass is 388 g/mol. The molecule has 1 saturated heterocycles. The Hall–Kier alpha value is -3.31. The number of carbonyl (C=O) groups is 1. The lowest BCUT2D eigenvalue weighted by atomic mass is 10.1. The van der Waals surface area contributed by atoms with E-state index in [0.717, 1.165) is 44.1 Å². The standard InChI is InChI=1S/C24H25N3O2/c28-23-12-10-22(11-13-23)27-16-14-26(15-17-27)18-19-6-8-20(9-7-19)24(29)25-21-4-2-1-3-5-21/h1-13,28H,14-18H2,(H,25,29)/p+1. The van der Waals surface area contributed by atoms with Crippen LogP contribution in [0.4, 0.5) is 11.4 Å². The van der Waals surface area contributed by atoms with E-state index in [1.807, 2.05) is 54.6 Å². The van der Waals surface area contributed by atoms with Gasteiger partial charge in [-0.2, -0.15) is 0 Å². The Kier molecular flexibility index (Phi) is 5.77. The van der Waals surface area contributed by atoms with Gasteiger partial charge in [-0.25, -0.2) is 0 Å². The molecule has 3 aromatic rings. The number of nitrogens with one attached hydrogen (secondary N) is 2. The first kappa shape index (κ1) is 19.0. The van der Waals surface area contributed by atoms with Gasteiger partial charge in [0, 0.05) is 22.5 Å². The van der Waals surface area contributed by atoms with Crippen molar-refractivity contribution in [3.05, 3.63) is 90.0 Å². The van der Waals surface area contributed by atoms with Crippen LogP contribution < -0.4 is 15.1 Å². The summed E-state index contributed by atoms with van der Waals surface area (Å²) in [4.78, 5) is 16.3. The Bertz CT molecular complexity index is 932. The average molecular weight is 388 g/mol. The molecule has 3 N–H and O–H groups in total. The van der Waals surface area contributed by atoms with E-state index in [1.165, 1.54) is 5.56 Å². The number of quaternary nitrogens is 1. The van der Waals surface area contributed by atoms with Gasteiger partial charge in [-0.05, 0) is 48.5 Å². The van der Waals surface area contributed by atoms with E-state index >= 15 is 0 Å². The van der Waals surface area contributed by atoms with E-state index in [9.17, 15) is 9.90 Å². The number of nitrogens with zero attached hydrogens (tertiary/aromatic N) is 1. The van der Waals surface area contributed by atoms with Crippen LogP contribution in [0.25, 0.3) is 0 Å². The number of hydrogen-bond donors (Lipinski definition) is 3. The van der Waals surface area contributed by atoms with Crippen molar-refractivity contribution in [3.63, 3.8) is 0 Å². The molecule has 1 amide bonds.